The van der Waals surface area contributed by atoms with Crippen molar-refractivity contribution in [2.45, 2.75) is 0 Å². The number of anilines is 1. The van der Waals surface area contributed by atoms with Crippen molar-refractivity contribution in [2.75, 3.05) is 32.2 Å². The summed E-state index contributed by atoms with van der Waals surface area (Å²) in [6.07, 6.45) is 1.59. The first-order chi connectivity index (χ1) is 13.1. The third-order valence-electron chi connectivity index (χ3n) is 3.56. The molecule has 0 aliphatic rings. The van der Waals surface area contributed by atoms with Crippen LogP contribution in [0.5, 0.6) is 5.75 Å². The van der Waals surface area contributed by atoms with E-state index in [0.29, 0.717) is 42.3 Å². The van der Waals surface area contributed by atoms with Crippen molar-refractivity contribution in [3.63, 3.8) is 0 Å². The van der Waals surface area contributed by atoms with E-state index in [9.17, 15) is 9.59 Å². The lowest BCUT2D eigenvalue weighted by Gasteiger charge is -2.14. The molecule has 2 aromatic carbocycles. The number of halogens is 1. The number of methoxy groups -OCH3 is 1. The lowest BCUT2D eigenvalue weighted by atomic mass is 10.1. The molecule has 27 heavy (non-hydrogen) atoms. The molecule has 0 atom stereocenters. The van der Waals surface area contributed by atoms with Gasteiger partial charge in [-0.25, -0.2) is 0 Å². The molecule has 2 aromatic rings. The summed E-state index contributed by atoms with van der Waals surface area (Å²) in [6.45, 7) is 4.64. The lowest BCUT2D eigenvalue weighted by Crippen LogP contribution is -2.25. The Morgan fingerprint density at radius 2 is 1.89 bits per heavy atom. The Morgan fingerprint density at radius 1 is 1.11 bits per heavy atom. The van der Waals surface area contributed by atoms with E-state index in [-0.39, 0.29) is 11.8 Å². The van der Waals surface area contributed by atoms with E-state index < -0.39 is 0 Å². The van der Waals surface area contributed by atoms with Gasteiger partial charge in [-0.15, -0.1) is 6.58 Å². The second-order valence-electron chi connectivity index (χ2n) is 5.48. The smallest absolute Gasteiger partial charge is 0.259 e. The second kappa shape index (κ2) is 10.5. The topological polar surface area (TPSA) is 76.7 Å². The molecule has 7 heteroatoms. The number of benzene rings is 2. The van der Waals surface area contributed by atoms with E-state index in [1.54, 1.807) is 55.7 Å². The summed E-state index contributed by atoms with van der Waals surface area (Å²) in [5.41, 5.74) is 1.12. The minimum absolute atomic E-state index is 0.295. The van der Waals surface area contributed by atoms with E-state index in [0.717, 1.165) is 4.47 Å². The molecule has 0 bridgehead atoms. The SMILES string of the molecule is C=CCNC(=O)c1ccccc1NC(=O)c1cc(Br)ccc1OCCOC. The molecule has 0 spiro atoms. The van der Waals surface area contributed by atoms with Gasteiger partial charge in [-0.2, -0.15) is 0 Å². The van der Waals surface area contributed by atoms with E-state index in [1.165, 1.54) is 0 Å². The maximum atomic E-state index is 12.8. The van der Waals surface area contributed by atoms with Crippen LogP contribution in [-0.2, 0) is 4.74 Å². The maximum absolute atomic E-state index is 12.8. The molecule has 0 unspecified atom stereocenters. The molecule has 142 valence electrons. The highest BCUT2D eigenvalue weighted by molar-refractivity contribution is 9.10. The van der Waals surface area contributed by atoms with Gasteiger partial charge in [0.2, 0.25) is 0 Å². The fraction of sp³-hybridized carbons (Fsp3) is 0.200. The quantitative estimate of drug-likeness (QED) is 0.468. The number of nitrogens with one attached hydrogen (secondary N) is 2. The third kappa shape index (κ3) is 5.94. The van der Waals surface area contributed by atoms with Gasteiger partial charge < -0.3 is 20.1 Å². The van der Waals surface area contributed by atoms with Gasteiger partial charge in [-0.05, 0) is 30.3 Å². The normalized spacial score (nSPS) is 10.1. The highest BCUT2D eigenvalue weighted by Gasteiger charge is 2.17. The molecule has 0 heterocycles. The minimum Gasteiger partial charge on any atom is -0.490 e. The molecular weight excluding hydrogens is 412 g/mol. The number of ether oxygens (including phenoxy) is 2. The first kappa shape index (κ1) is 20.7. The largest absolute Gasteiger partial charge is 0.490 e. The fourth-order valence-corrected chi connectivity index (χ4v) is 2.64. The third-order valence-corrected chi connectivity index (χ3v) is 4.05. The summed E-state index contributed by atoms with van der Waals surface area (Å²) in [6, 6.07) is 12.0. The van der Waals surface area contributed by atoms with Crippen LogP contribution in [0.1, 0.15) is 20.7 Å². The molecule has 0 radical (unpaired) electrons. The lowest BCUT2D eigenvalue weighted by molar-refractivity contribution is 0.0959. The second-order valence-corrected chi connectivity index (χ2v) is 6.40. The summed E-state index contributed by atoms with van der Waals surface area (Å²) < 4.78 is 11.3. The Morgan fingerprint density at radius 3 is 2.63 bits per heavy atom. The average molecular weight is 433 g/mol. The summed E-state index contributed by atoms with van der Waals surface area (Å²) >= 11 is 3.36. The number of amides is 2. The van der Waals surface area contributed by atoms with Gasteiger partial charge in [0.05, 0.1) is 23.4 Å². The molecular formula is C20H21BrN2O4. The first-order valence-corrected chi connectivity index (χ1v) is 9.07. The van der Waals surface area contributed by atoms with Crippen LogP contribution in [0.2, 0.25) is 0 Å². The van der Waals surface area contributed by atoms with Crippen molar-refractivity contribution < 1.29 is 19.1 Å². The maximum Gasteiger partial charge on any atom is 0.259 e. The van der Waals surface area contributed by atoms with Crippen molar-refractivity contribution in [1.82, 2.24) is 5.32 Å². The van der Waals surface area contributed by atoms with Crippen molar-refractivity contribution in [2.24, 2.45) is 0 Å². The number of hydrogen-bond acceptors (Lipinski definition) is 4. The highest BCUT2D eigenvalue weighted by Crippen LogP contribution is 2.25. The Bertz CT molecular complexity index is 823. The Kier molecular flexibility index (Phi) is 8.03. The molecule has 0 aliphatic heterocycles. The van der Waals surface area contributed by atoms with E-state index in [2.05, 4.69) is 33.1 Å². The summed E-state index contributed by atoms with van der Waals surface area (Å²) in [5, 5.41) is 5.49. The predicted octanol–water partition coefficient (Wildman–Crippen LogP) is 3.64. The fourth-order valence-electron chi connectivity index (χ4n) is 2.28. The van der Waals surface area contributed by atoms with Crippen LogP contribution in [0.25, 0.3) is 0 Å². The highest BCUT2D eigenvalue weighted by atomic mass is 79.9. The Labute approximate surface area is 166 Å². The van der Waals surface area contributed by atoms with Crippen LogP contribution in [0, 0.1) is 0 Å². The minimum atomic E-state index is -0.382. The molecule has 0 aromatic heterocycles. The summed E-state index contributed by atoms with van der Waals surface area (Å²) in [5.74, 6) is -0.245. The van der Waals surface area contributed by atoms with Crippen molar-refractivity contribution in [3.8, 4) is 5.75 Å². The first-order valence-electron chi connectivity index (χ1n) is 8.27. The number of carbonyl (C=O) groups is 2. The van der Waals surface area contributed by atoms with Gasteiger partial charge in [0.15, 0.2) is 0 Å². The van der Waals surface area contributed by atoms with Gasteiger partial charge in [-0.3, -0.25) is 9.59 Å². The Hall–Kier alpha value is -2.64. The number of carbonyl (C=O) groups excluding carboxylic acids is 2. The van der Waals surface area contributed by atoms with E-state index >= 15 is 0 Å². The molecule has 2 amide bonds. The zero-order chi connectivity index (χ0) is 19.6. The standard InChI is InChI=1S/C20H21BrN2O4/c1-3-10-22-19(24)15-6-4-5-7-17(15)23-20(25)16-13-14(21)8-9-18(16)27-12-11-26-2/h3-9,13H,1,10-12H2,2H3,(H,22,24)(H,23,25). The zero-order valence-corrected chi connectivity index (χ0v) is 16.5. The Balaban J connectivity index is 2.24. The zero-order valence-electron chi connectivity index (χ0n) is 15.0. The van der Waals surface area contributed by atoms with Gasteiger partial charge in [0, 0.05) is 18.1 Å². The van der Waals surface area contributed by atoms with Crippen molar-refractivity contribution >= 4 is 33.4 Å². The average Bonchev–Trinajstić information content (AvgIpc) is 2.67. The van der Waals surface area contributed by atoms with Crippen LogP contribution in [0.4, 0.5) is 5.69 Å². The molecule has 0 aliphatic carbocycles. The van der Waals surface area contributed by atoms with Crippen LogP contribution in [0.15, 0.2) is 59.6 Å². The molecule has 0 fully saturated rings. The number of hydrogen-bond donors (Lipinski definition) is 2. The molecule has 2 rings (SSSR count). The van der Waals surface area contributed by atoms with Crippen molar-refractivity contribution in [3.05, 3.63) is 70.7 Å². The van der Waals surface area contributed by atoms with Gasteiger partial charge in [0.25, 0.3) is 11.8 Å². The summed E-state index contributed by atoms with van der Waals surface area (Å²) in [7, 11) is 1.58. The molecule has 2 N–H and O–H groups in total. The molecule has 0 saturated carbocycles. The predicted molar refractivity (Wildman–Crippen MR) is 108 cm³/mol. The number of para-hydroxylation sites is 1. The van der Waals surface area contributed by atoms with E-state index in [4.69, 9.17) is 9.47 Å². The van der Waals surface area contributed by atoms with Gasteiger partial charge in [0.1, 0.15) is 12.4 Å². The van der Waals surface area contributed by atoms with Crippen molar-refractivity contribution in [1.29, 1.82) is 0 Å². The van der Waals surface area contributed by atoms with Gasteiger partial charge >= 0.3 is 0 Å². The summed E-state index contributed by atoms with van der Waals surface area (Å²) in [4.78, 5) is 25.1. The van der Waals surface area contributed by atoms with Crippen LogP contribution < -0.4 is 15.4 Å². The van der Waals surface area contributed by atoms with E-state index in [1.807, 2.05) is 0 Å². The molecule has 6 nitrogen and oxygen atoms in total. The van der Waals surface area contributed by atoms with Crippen LogP contribution in [-0.4, -0.2) is 38.7 Å². The molecule has 0 saturated heterocycles. The van der Waals surface area contributed by atoms with Gasteiger partial charge in [-0.1, -0.05) is 34.1 Å². The number of rotatable bonds is 9. The van der Waals surface area contributed by atoms with Crippen LogP contribution in [0.3, 0.4) is 0 Å². The van der Waals surface area contributed by atoms with Crippen LogP contribution >= 0.6 is 15.9 Å². The monoisotopic (exact) mass is 432 g/mol.